The van der Waals surface area contributed by atoms with Crippen molar-refractivity contribution in [1.82, 2.24) is 0 Å². The summed E-state index contributed by atoms with van der Waals surface area (Å²) in [5, 5.41) is 0. The van der Waals surface area contributed by atoms with Crippen LogP contribution >= 0.6 is 0 Å². The number of hydrogen-bond donors (Lipinski definition) is 0. The molecule has 4 aliphatic rings. The predicted molar refractivity (Wildman–Crippen MR) is 234 cm³/mol. The van der Waals surface area contributed by atoms with Crippen molar-refractivity contribution < 1.29 is 0 Å². The third kappa shape index (κ3) is 6.94. The Balaban J connectivity index is 1.28. The fourth-order valence-electron chi connectivity index (χ4n) is 9.31. The van der Waals surface area contributed by atoms with E-state index in [1.165, 1.54) is 100 Å². The topological polar surface area (TPSA) is 3.24 Å². The van der Waals surface area contributed by atoms with Gasteiger partial charge in [-0.05, 0) is 131 Å². The van der Waals surface area contributed by atoms with E-state index in [9.17, 15) is 0 Å². The van der Waals surface area contributed by atoms with Gasteiger partial charge in [0.05, 0.1) is 0 Å². The zero-order valence-corrected chi connectivity index (χ0v) is 32.7. The van der Waals surface area contributed by atoms with Crippen molar-refractivity contribution in [3.8, 4) is 11.1 Å². The van der Waals surface area contributed by atoms with Crippen molar-refractivity contribution in [2.75, 3.05) is 4.90 Å². The summed E-state index contributed by atoms with van der Waals surface area (Å²) in [5.74, 6) is 0. The molecule has 0 fully saturated rings. The number of nitrogens with zero attached hydrogens (tertiary/aromatic N) is 1. The van der Waals surface area contributed by atoms with Crippen molar-refractivity contribution in [3.63, 3.8) is 0 Å². The smallest absolute Gasteiger partial charge is 0.243 e. The Morgan fingerprint density at radius 2 is 0.870 bits per heavy atom. The molecule has 0 saturated carbocycles. The first-order valence-corrected chi connectivity index (χ1v) is 19.6. The number of rotatable bonds is 7. The molecule has 11 rings (SSSR count). The molecule has 0 N–H and O–H groups in total. The van der Waals surface area contributed by atoms with Gasteiger partial charge in [0.1, 0.15) is 0 Å². The maximum Gasteiger partial charge on any atom is 0.243 e. The minimum absolute atomic E-state index is 0.113. The molecule has 0 aromatic heterocycles. The number of anilines is 3. The van der Waals surface area contributed by atoms with Crippen LogP contribution in [-0.4, -0.2) is 6.71 Å². The summed E-state index contributed by atoms with van der Waals surface area (Å²) in [4.78, 5) is 2.45. The Labute approximate surface area is 323 Å². The number of hydrogen-bond acceptors (Lipinski definition) is 1. The van der Waals surface area contributed by atoms with Gasteiger partial charge in [-0.2, -0.15) is 0 Å². The molecule has 0 unspecified atom stereocenters. The summed E-state index contributed by atoms with van der Waals surface area (Å²) >= 11 is 0. The van der Waals surface area contributed by atoms with E-state index in [0.717, 1.165) is 25.7 Å². The van der Waals surface area contributed by atoms with E-state index in [4.69, 9.17) is 0 Å². The summed E-state index contributed by atoms with van der Waals surface area (Å²) in [6.45, 7) is 13.8. The van der Waals surface area contributed by atoms with Gasteiger partial charge in [-0.15, -0.1) is 0 Å². The first kappa shape index (κ1) is 35.4. The molecule has 4 bridgehead atoms. The minimum atomic E-state index is 0.113. The lowest BCUT2D eigenvalue weighted by Gasteiger charge is -2.29. The number of aryl methyl sites for hydroxylation is 10. The van der Waals surface area contributed by atoms with E-state index in [-0.39, 0.29) is 6.71 Å². The third-order valence-corrected chi connectivity index (χ3v) is 11.6. The van der Waals surface area contributed by atoms with Crippen LogP contribution in [0.1, 0.15) is 55.6 Å². The second kappa shape index (κ2) is 15.0. The second-order valence-electron chi connectivity index (χ2n) is 15.6. The van der Waals surface area contributed by atoms with Gasteiger partial charge in [-0.1, -0.05) is 165 Å². The molecule has 0 radical (unpaired) electrons. The lowest BCUT2D eigenvalue weighted by molar-refractivity contribution is 0.920. The standard InChI is InChI=1S/C52H50BN/c1-35-29-37(3)51(38(4)30-35)53(52-39(5)31-36(2)32-40(52)6)49-20-14-13-19-47(49)48-33-41-21-22-42-24-26-44(28-27-43(48)25-23-41)50(34-42)54(45-15-9-7-10-16-45)46-17-11-8-12-18-46/h7-20,23-26,29-34H,21-22,27-28H2,1-6H3. The highest BCUT2D eigenvalue weighted by molar-refractivity contribution is 6.97. The molecule has 1 nitrogen and oxygen atoms in total. The van der Waals surface area contributed by atoms with Crippen LogP contribution < -0.4 is 21.3 Å². The van der Waals surface area contributed by atoms with Gasteiger partial charge in [0.2, 0.25) is 6.71 Å². The molecule has 0 spiro atoms. The SMILES string of the molecule is Cc1cc(C)c(B(c2ccccc2-c2cc3ccc2CCc2ccc(cc2N(c2ccccc2)c2ccccc2)CC3)c2c(C)cc(C)cc2C)c(C)c1. The minimum Gasteiger partial charge on any atom is -0.310 e. The maximum atomic E-state index is 2.52. The maximum absolute atomic E-state index is 2.52. The number of benzene rings is 7. The highest BCUT2D eigenvalue weighted by Gasteiger charge is 2.31. The zero-order chi connectivity index (χ0) is 37.3. The van der Waals surface area contributed by atoms with Crippen LogP contribution in [0.15, 0.2) is 146 Å². The molecule has 266 valence electrons. The largest absolute Gasteiger partial charge is 0.310 e. The first-order valence-electron chi connectivity index (χ1n) is 19.6. The molecule has 0 aliphatic heterocycles. The van der Waals surface area contributed by atoms with Gasteiger partial charge in [-0.3, -0.25) is 0 Å². The van der Waals surface area contributed by atoms with Crippen molar-refractivity contribution in [2.45, 2.75) is 67.2 Å². The second-order valence-corrected chi connectivity index (χ2v) is 15.6. The van der Waals surface area contributed by atoms with Crippen LogP contribution in [0.2, 0.25) is 0 Å². The molecule has 0 amide bonds. The van der Waals surface area contributed by atoms with Crippen LogP contribution in [0.5, 0.6) is 0 Å². The van der Waals surface area contributed by atoms with Gasteiger partial charge >= 0.3 is 0 Å². The quantitative estimate of drug-likeness (QED) is 0.150. The first-order chi connectivity index (χ1) is 26.2. The van der Waals surface area contributed by atoms with E-state index in [1.54, 1.807) is 0 Å². The summed E-state index contributed by atoms with van der Waals surface area (Å²) in [7, 11) is 0. The lowest BCUT2D eigenvalue weighted by atomic mass is 9.33. The van der Waals surface area contributed by atoms with Crippen molar-refractivity contribution >= 4 is 40.2 Å². The van der Waals surface area contributed by atoms with E-state index in [2.05, 4.69) is 192 Å². The van der Waals surface area contributed by atoms with Crippen LogP contribution in [0.4, 0.5) is 17.1 Å². The number of para-hydroxylation sites is 2. The molecule has 2 heteroatoms. The fourth-order valence-corrected chi connectivity index (χ4v) is 9.31. The molecule has 7 aromatic rings. The van der Waals surface area contributed by atoms with E-state index >= 15 is 0 Å². The predicted octanol–water partition coefficient (Wildman–Crippen LogP) is 11.1. The van der Waals surface area contributed by atoms with Crippen LogP contribution in [0.3, 0.4) is 0 Å². The van der Waals surface area contributed by atoms with Crippen LogP contribution in [0.25, 0.3) is 11.1 Å². The van der Waals surface area contributed by atoms with Crippen LogP contribution in [0, 0.1) is 41.5 Å². The van der Waals surface area contributed by atoms with Gasteiger partial charge < -0.3 is 4.90 Å². The molecule has 0 saturated heterocycles. The molecule has 4 aliphatic carbocycles. The molecule has 54 heavy (non-hydrogen) atoms. The summed E-state index contributed by atoms with van der Waals surface area (Å²) in [5.41, 5.74) is 24.2. The molecule has 7 aromatic carbocycles. The average Bonchev–Trinajstić information content (AvgIpc) is 3.15. The Kier molecular flexibility index (Phi) is 9.86. The Morgan fingerprint density at radius 1 is 0.407 bits per heavy atom. The van der Waals surface area contributed by atoms with E-state index in [1.807, 2.05) is 0 Å². The van der Waals surface area contributed by atoms with E-state index in [0.29, 0.717) is 0 Å². The Hall–Kier alpha value is -5.60. The third-order valence-electron chi connectivity index (χ3n) is 11.6. The average molecular weight is 700 g/mol. The zero-order valence-electron chi connectivity index (χ0n) is 32.7. The fraction of sp³-hybridized carbons (Fsp3) is 0.192. The van der Waals surface area contributed by atoms with E-state index < -0.39 is 0 Å². The van der Waals surface area contributed by atoms with Gasteiger partial charge in [0.15, 0.2) is 0 Å². The van der Waals surface area contributed by atoms with Gasteiger partial charge in [-0.25, -0.2) is 0 Å². The Bertz CT molecular complexity index is 2320. The van der Waals surface area contributed by atoms with Crippen molar-refractivity contribution in [1.29, 1.82) is 0 Å². The monoisotopic (exact) mass is 699 g/mol. The highest BCUT2D eigenvalue weighted by atomic mass is 15.1. The van der Waals surface area contributed by atoms with Gasteiger partial charge in [0, 0.05) is 17.1 Å². The van der Waals surface area contributed by atoms with Crippen molar-refractivity contribution in [3.05, 3.63) is 201 Å². The summed E-state index contributed by atoms with van der Waals surface area (Å²) in [6, 6.07) is 55.0. The normalized spacial score (nSPS) is 12.3. The molecule has 0 atom stereocenters. The van der Waals surface area contributed by atoms with Gasteiger partial charge in [0.25, 0.3) is 0 Å². The molecular weight excluding hydrogens is 649 g/mol. The van der Waals surface area contributed by atoms with Crippen LogP contribution in [-0.2, 0) is 25.7 Å². The lowest BCUT2D eigenvalue weighted by Crippen LogP contribution is -2.56. The Morgan fingerprint density at radius 3 is 1.43 bits per heavy atom. The summed E-state index contributed by atoms with van der Waals surface area (Å²) in [6.07, 6.45) is 3.86. The van der Waals surface area contributed by atoms with Crippen molar-refractivity contribution in [2.24, 2.45) is 0 Å². The summed E-state index contributed by atoms with van der Waals surface area (Å²) < 4.78 is 0. The molecule has 0 heterocycles. The highest BCUT2D eigenvalue weighted by Crippen LogP contribution is 2.38. The molecular formula is C52H50BN.